The van der Waals surface area contributed by atoms with Gasteiger partial charge in [-0.3, -0.25) is 0 Å². The van der Waals surface area contributed by atoms with Crippen molar-refractivity contribution >= 4 is 11.8 Å². The van der Waals surface area contributed by atoms with Crippen LogP contribution in [0.5, 0.6) is 0 Å². The van der Waals surface area contributed by atoms with Crippen LogP contribution in [0.2, 0.25) is 0 Å². The Balaban J connectivity index is 1.60. The van der Waals surface area contributed by atoms with Gasteiger partial charge in [-0.05, 0) is 31.2 Å². The highest BCUT2D eigenvalue weighted by Gasteiger charge is 2.45. The van der Waals surface area contributed by atoms with Gasteiger partial charge in [0, 0.05) is 13.1 Å². The Kier molecular flexibility index (Phi) is 3.21. The summed E-state index contributed by atoms with van der Waals surface area (Å²) in [6.45, 7) is 1.74. The SMILES string of the molecule is Fc1cnc(NC2(c3ccccc3)CC2)nc1N1CCCC1. The molecule has 2 aromatic rings. The Labute approximate surface area is 129 Å². The summed E-state index contributed by atoms with van der Waals surface area (Å²) in [6.07, 6.45) is 5.58. The van der Waals surface area contributed by atoms with Gasteiger partial charge >= 0.3 is 0 Å². The number of nitrogens with zero attached hydrogens (tertiary/aromatic N) is 3. The lowest BCUT2D eigenvalue weighted by Gasteiger charge is -2.21. The molecule has 1 N–H and O–H groups in total. The Bertz CT molecular complexity index is 664. The first-order valence-electron chi connectivity index (χ1n) is 7.88. The molecule has 1 saturated heterocycles. The van der Waals surface area contributed by atoms with Gasteiger partial charge in [-0.25, -0.2) is 9.37 Å². The first-order chi connectivity index (χ1) is 10.8. The topological polar surface area (TPSA) is 41.1 Å². The van der Waals surface area contributed by atoms with Crippen LogP contribution in [0.4, 0.5) is 16.2 Å². The largest absolute Gasteiger partial charge is 0.354 e. The van der Waals surface area contributed by atoms with Crippen molar-refractivity contribution in [2.45, 2.75) is 31.2 Å². The zero-order valence-electron chi connectivity index (χ0n) is 12.4. The quantitative estimate of drug-likeness (QED) is 0.940. The maximum Gasteiger partial charge on any atom is 0.225 e. The second kappa shape index (κ2) is 5.23. The average molecular weight is 298 g/mol. The first kappa shape index (κ1) is 13.5. The zero-order chi connectivity index (χ0) is 15.0. The minimum atomic E-state index is -0.336. The molecule has 1 aliphatic heterocycles. The highest BCUT2D eigenvalue weighted by atomic mass is 19.1. The van der Waals surface area contributed by atoms with Crippen LogP contribution in [-0.2, 0) is 5.54 Å². The van der Waals surface area contributed by atoms with E-state index < -0.39 is 0 Å². The van der Waals surface area contributed by atoms with Crippen molar-refractivity contribution in [1.82, 2.24) is 9.97 Å². The van der Waals surface area contributed by atoms with Gasteiger partial charge in [-0.2, -0.15) is 4.98 Å². The van der Waals surface area contributed by atoms with E-state index in [1.165, 1.54) is 11.8 Å². The molecule has 0 unspecified atom stereocenters. The molecular weight excluding hydrogens is 279 g/mol. The summed E-state index contributed by atoms with van der Waals surface area (Å²) in [4.78, 5) is 10.6. The van der Waals surface area contributed by atoms with Crippen LogP contribution in [0, 0.1) is 5.82 Å². The monoisotopic (exact) mass is 298 g/mol. The van der Waals surface area contributed by atoms with Crippen molar-refractivity contribution in [1.29, 1.82) is 0 Å². The molecule has 1 aromatic heterocycles. The molecule has 0 radical (unpaired) electrons. The van der Waals surface area contributed by atoms with Crippen LogP contribution in [-0.4, -0.2) is 23.1 Å². The van der Waals surface area contributed by atoms with Gasteiger partial charge in [0.25, 0.3) is 0 Å². The average Bonchev–Trinajstić information content (AvgIpc) is 3.13. The van der Waals surface area contributed by atoms with Crippen LogP contribution >= 0.6 is 0 Å². The van der Waals surface area contributed by atoms with Crippen molar-refractivity contribution in [3.05, 3.63) is 47.9 Å². The van der Waals surface area contributed by atoms with E-state index in [1.807, 2.05) is 23.1 Å². The van der Waals surface area contributed by atoms with E-state index in [0.717, 1.165) is 38.8 Å². The Hall–Kier alpha value is -2.17. The van der Waals surface area contributed by atoms with E-state index in [0.29, 0.717) is 11.8 Å². The summed E-state index contributed by atoms with van der Waals surface area (Å²) in [5.74, 6) is 0.612. The normalized spacial score (nSPS) is 19.2. The second-order valence-corrected chi connectivity index (χ2v) is 6.13. The van der Waals surface area contributed by atoms with Crippen molar-refractivity contribution in [2.24, 2.45) is 0 Å². The summed E-state index contributed by atoms with van der Waals surface area (Å²) in [7, 11) is 0. The van der Waals surface area contributed by atoms with Gasteiger partial charge < -0.3 is 10.2 Å². The van der Waals surface area contributed by atoms with E-state index in [-0.39, 0.29) is 11.4 Å². The molecule has 0 amide bonds. The van der Waals surface area contributed by atoms with Gasteiger partial charge in [-0.15, -0.1) is 0 Å². The number of hydrogen-bond acceptors (Lipinski definition) is 4. The molecule has 114 valence electrons. The summed E-state index contributed by atoms with van der Waals surface area (Å²) in [6, 6.07) is 10.3. The molecule has 2 heterocycles. The maximum absolute atomic E-state index is 14.0. The minimum absolute atomic E-state index is 0.0820. The highest BCUT2D eigenvalue weighted by molar-refractivity contribution is 5.48. The second-order valence-electron chi connectivity index (χ2n) is 6.13. The molecule has 0 atom stereocenters. The third-order valence-corrected chi connectivity index (χ3v) is 4.56. The fraction of sp³-hybridized carbons (Fsp3) is 0.412. The van der Waals surface area contributed by atoms with Crippen molar-refractivity contribution in [3.8, 4) is 0 Å². The van der Waals surface area contributed by atoms with Gasteiger partial charge in [0.1, 0.15) is 0 Å². The lowest BCUT2D eigenvalue weighted by molar-refractivity contribution is 0.607. The summed E-state index contributed by atoms with van der Waals surface area (Å²) in [5, 5.41) is 3.42. The van der Waals surface area contributed by atoms with E-state index in [2.05, 4.69) is 27.4 Å². The number of anilines is 2. The lowest BCUT2D eigenvalue weighted by Crippen LogP contribution is -2.24. The number of hydrogen-bond donors (Lipinski definition) is 1. The van der Waals surface area contributed by atoms with Crippen LogP contribution in [0.15, 0.2) is 36.5 Å². The number of aromatic nitrogens is 2. The summed E-state index contributed by atoms with van der Waals surface area (Å²) >= 11 is 0. The standard InChI is InChI=1S/C17H19FN4/c18-14-12-19-16(20-15(14)22-10-4-5-11-22)21-17(8-9-17)13-6-2-1-3-7-13/h1-3,6-7,12H,4-5,8-11H2,(H,19,20,21). The van der Waals surface area contributed by atoms with Gasteiger partial charge in [0.05, 0.1) is 11.7 Å². The lowest BCUT2D eigenvalue weighted by atomic mass is 10.1. The molecule has 4 rings (SSSR count). The van der Waals surface area contributed by atoms with Crippen LogP contribution in [0.3, 0.4) is 0 Å². The van der Waals surface area contributed by atoms with Gasteiger partial charge in [0.15, 0.2) is 11.6 Å². The van der Waals surface area contributed by atoms with Crippen LogP contribution in [0.25, 0.3) is 0 Å². The van der Waals surface area contributed by atoms with Gasteiger partial charge in [-0.1, -0.05) is 30.3 Å². The molecule has 1 aromatic carbocycles. The Morgan fingerprint density at radius 3 is 2.50 bits per heavy atom. The van der Waals surface area contributed by atoms with E-state index >= 15 is 0 Å². The van der Waals surface area contributed by atoms with Crippen LogP contribution in [0.1, 0.15) is 31.2 Å². The van der Waals surface area contributed by atoms with Gasteiger partial charge in [0.2, 0.25) is 5.95 Å². The number of rotatable bonds is 4. The Morgan fingerprint density at radius 1 is 1.09 bits per heavy atom. The molecular formula is C17H19FN4. The van der Waals surface area contributed by atoms with E-state index in [1.54, 1.807) is 0 Å². The summed E-state index contributed by atoms with van der Waals surface area (Å²) in [5.41, 5.74) is 1.16. The van der Waals surface area contributed by atoms with Crippen molar-refractivity contribution in [3.63, 3.8) is 0 Å². The third-order valence-electron chi connectivity index (χ3n) is 4.56. The Morgan fingerprint density at radius 2 is 1.82 bits per heavy atom. The zero-order valence-corrected chi connectivity index (χ0v) is 12.4. The molecule has 5 heteroatoms. The van der Waals surface area contributed by atoms with Crippen LogP contribution < -0.4 is 10.2 Å². The van der Waals surface area contributed by atoms with E-state index in [9.17, 15) is 4.39 Å². The van der Waals surface area contributed by atoms with E-state index in [4.69, 9.17) is 0 Å². The molecule has 0 bridgehead atoms. The van der Waals surface area contributed by atoms with Crippen molar-refractivity contribution in [2.75, 3.05) is 23.3 Å². The highest BCUT2D eigenvalue weighted by Crippen LogP contribution is 2.47. The summed E-state index contributed by atoms with van der Waals surface area (Å²) < 4.78 is 14.0. The molecule has 2 fully saturated rings. The predicted molar refractivity (Wildman–Crippen MR) is 84.4 cm³/mol. The predicted octanol–water partition coefficient (Wildman–Crippen LogP) is 3.32. The molecule has 1 saturated carbocycles. The third kappa shape index (κ3) is 2.40. The number of nitrogens with one attached hydrogen (secondary N) is 1. The molecule has 22 heavy (non-hydrogen) atoms. The first-order valence-corrected chi connectivity index (χ1v) is 7.88. The molecule has 1 aliphatic carbocycles. The maximum atomic E-state index is 14.0. The fourth-order valence-electron chi connectivity index (χ4n) is 3.15. The fourth-order valence-corrected chi connectivity index (χ4v) is 3.15. The van der Waals surface area contributed by atoms with Crippen molar-refractivity contribution < 1.29 is 4.39 Å². The molecule has 0 spiro atoms. The smallest absolute Gasteiger partial charge is 0.225 e. The molecule has 4 nitrogen and oxygen atoms in total. The molecule has 2 aliphatic rings. The minimum Gasteiger partial charge on any atom is -0.354 e. The number of halogens is 1. The number of benzene rings is 1.